The molecule has 8 nitrogen and oxygen atoms in total. The van der Waals surface area contributed by atoms with Gasteiger partial charge in [-0.05, 0) is 31.6 Å². The van der Waals surface area contributed by atoms with Crippen LogP contribution in [0.1, 0.15) is 18.7 Å². The number of aryl methyl sites for hydroxylation is 1. The number of aliphatic hydroxyl groups is 2. The van der Waals surface area contributed by atoms with Crippen LogP contribution in [-0.2, 0) is 0 Å². The van der Waals surface area contributed by atoms with E-state index in [1.807, 2.05) is 13.0 Å². The number of nitrogen functional groups attached to an aromatic ring is 1. The minimum absolute atomic E-state index is 0.0895. The molecule has 170 valence electrons. The first kappa shape index (κ1) is 21.6. The number of hydrogen-bond donors (Lipinski definition) is 3. The zero-order valence-electron chi connectivity index (χ0n) is 17.8. The highest BCUT2D eigenvalue weighted by atomic mass is 35.5. The van der Waals surface area contributed by atoms with Crippen molar-refractivity contribution >= 4 is 39.4 Å². The third-order valence-corrected chi connectivity index (χ3v) is 6.33. The van der Waals surface area contributed by atoms with Crippen molar-refractivity contribution in [2.75, 3.05) is 5.73 Å². The topological polar surface area (TPSA) is 119 Å². The molecule has 1 unspecified atom stereocenters. The summed E-state index contributed by atoms with van der Waals surface area (Å²) in [7, 11) is 0. The van der Waals surface area contributed by atoms with E-state index in [4.69, 9.17) is 22.1 Å². The normalized spacial score (nSPS) is 21.5. The number of anilines is 1. The lowest BCUT2D eigenvalue weighted by Crippen LogP contribution is -2.32. The van der Waals surface area contributed by atoms with Crippen LogP contribution in [0.4, 0.5) is 10.2 Å². The smallest absolute Gasteiger partial charge is 0.144 e. The summed E-state index contributed by atoms with van der Waals surface area (Å²) >= 11 is 5.95. The Hall–Kier alpha value is -3.27. The van der Waals surface area contributed by atoms with Crippen LogP contribution < -0.4 is 10.5 Å². The lowest BCUT2D eigenvalue weighted by molar-refractivity contribution is 0.0253. The molecular weight excluding hydrogens is 449 g/mol. The van der Waals surface area contributed by atoms with Gasteiger partial charge in [-0.25, -0.2) is 19.3 Å². The molecular formula is C23H21ClFN5O3. The number of nitrogens with zero attached hydrogens (tertiary/aromatic N) is 4. The van der Waals surface area contributed by atoms with Crippen LogP contribution in [0.2, 0.25) is 5.02 Å². The van der Waals surface area contributed by atoms with Gasteiger partial charge in [0.2, 0.25) is 0 Å². The molecule has 0 saturated heterocycles. The monoisotopic (exact) mass is 469 g/mol. The summed E-state index contributed by atoms with van der Waals surface area (Å²) < 4.78 is 22.3. The van der Waals surface area contributed by atoms with Crippen molar-refractivity contribution in [3.8, 4) is 5.75 Å². The third-order valence-electron chi connectivity index (χ3n) is 6.03. The molecule has 0 fully saturated rings. The molecule has 4 N–H and O–H groups in total. The van der Waals surface area contributed by atoms with Crippen LogP contribution in [0.3, 0.4) is 0 Å². The van der Waals surface area contributed by atoms with Gasteiger partial charge in [0.1, 0.15) is 47.7 Å². The molecule has 0 aliphatic heterocycles. The largest absolute Gasteiger partial charge is 0.486 e. The van der Waals surface area contributed by atoms with Crippen molar-refractivity contribution in [2.45, 2.75) is 38.2 Å². The molecule has 1 aliphatic carbocycles. The average molecular weight is 470 g/mol. The molecule has 0 saturated carbocycles. The van der Waals surface area contributed by atoms with Crippen molar-refractivity contribution in [3.63, 3.8) is 0 Å². The van der Waals surface area contributed by atoms with Gasteiger partial charge in [-0.3, -0.25) is 0 Å². The summed E-state index contributed by atoms with van der Waals surface area (Å²) in [5.74, 6) is -0.258. The van der Waals surface area contributed by atoms with Crippen LogP contribution in [0, 0.1) is 12.7 Å². The van der Waals surface area contributed by atoms with Crippen LogP contribution >= 0.6 is 11.6 Å². The van der Waals surface area contributed by atoms with E-state index in [1.54, 1.807) is 29.8 Å². The molecule has 0 amide bonds. The molecule has 1 aliphatic rings. The number of nitrogens with two attached hydrogens (primary N) is 1. The Morgan fingerprint density at radius 1 is 1.21 bits per heavy atom. The Morgan fingerprint density at radius 2 is 2.00 bits per heavy atom. The number of aromatic nitrogens is 4. The molecule has 5 rings (SSSR count). The predicted octanol–water partition coefficient (Wildman–Crippen LogP) is 3.33. The van der Waals surface area contributed by atoms with E-state index < -0.39 is 30.2 Å². The van der Waals surface area contributed by atoms with E-state index in [0.29, 0.717) is 16.7 Å². The van der Waals surface area contributed by atoms with Gasteiger partial charge in [-0.15, -0.1) is 0 Å². The van der Waals surface area contributed by atoms with Gasteiger partial charge in [-0.1, -0.05) is 17.7 Å². The SMILES string of the molecule is Cc1ncnc2c1ccn2[C@@H]1C=C(C(C)Oc2cc(F)c3cc(Cl)c(N)nc3c2)[C@@H](O)[C@H]1O. The molecule has 0 bridgehead atoms. The second-order valence-corrected chi connectivity index (χ2v) is 8.51. The van der Waals surface area contributed by atoms with Gasteiger partial charge >= 0.3 is 0 Å². The summed E-state index contributed by atoms with van der Waals surface area (Å²) in [4.78, 5) is 12.6. The highest BCUT2D eigenvalue weighted by Crippen LogP contribution is 2.35. The van der Waals surface area contributed by atoms with E-state index in [0.717, 1.165) is 11.1 Å². The number of pyridine rings is 1. The van der Waals surface area contributed by atoms with Gasteiger partial charge in [-0.2, -0.15) is 0 Å². The molecule has 1 aromatic carbocycles. The first-order valence-electron chi connectivity index (χ1n) is 10.3. The van der Waals surface area contributed by atoms with Gasteiger partial charge in [0, 0.05) is 29.1 Å². The van der Waals surface area contributed by atoms with Gasteiger partial charge in [0.05, 0.1) is 22.3 Å². The lowest BCUT2D eigenvalue weighted by Gasteiger charge is -2.22. The maximum atomic E-state index is 14.6. The predicted molar refractivity (Wildman–Crippen MR) is 123 cm³/mol. The molecule has 0 radical (unpaired) electrons. The second-order valence-electron chi connectivity index (χ2n) is 8.10. The lowest BCUT2D eigenvalue weighted by atomic mass is 10.1. The summed E-state index contributed by atoms with van der Waals surface area (Å²) in [6, 6.07) is 5.51. The zero-order valence-corrected chi connectivity index (χ0v) is 18.5. The van der Waals surface area contributed by atoms with Crippen LogP contribution in [-0.4, -0.2) is 48.0 Å². The van der Waals surface area contributed by atoms with Crippen molar-refractivity contribution in [3.05, 3.63) is 65.0 Å². The second kappa shape index (κ2) is 7.95. The van der Waals surface area contributed by atoms with Gasteiger partial charge < -0.3 is 25.3 Å². The van der Waals surface area contributed by atoms with E-state index in [-0.39, 0.29) is 22.0 Å². The Balaban J connectivity index is 1.46. The first-order chi connectivity index (χ1) is 15.7. The number of ether oxygens (including phenoxy) is 1. The number of halogens is 2. The summed E-state index contributed by atoms with van der Waals surface area (Å²) in [5, 5.41) is 22.8. The van der Waals surface area contributed by atoms with E-state index in [1.165, 1.54) is 18.5 Å². The minimum atomic E-state index is -1.16. The molecule has 0 spiro atoms. The molecule has 3 heterocycles. The summed E-state index contributed by atoms with van der Waals surface area (Å²) in [6.07, 6.45) is 2.10. The Kier molecular flexibility index (Phi) is 5.19. The number of rotatable bonds is 4. The fourth-order valence-corrected chi connectivity index (χ4v) is 4.43. The molecule has 33 heavy (non-hydrogen) atoms. The number of fused-ring (bicyclic) bond motifs is 2. The summed E-state index contributed by atoms with van der Waals surface area (Å²) in [6.45, 7) is 3.60. The van der Waals surface area contributed by atoms with E-state index in [9.17, 15) is 14.6 Å². The van der Waals surface area contributed by atoms with Crippen LogP contribution in [0.15, 0.2) is 48.4 Å². The fraction of sp³-hybridized carbons (Fsp3) is 0.261. The van der Waals surface area contributed by atoms with Crippen molar-refractivity contribution in [1.82, 2.24) is 19.5 Å². The molecule has 4 atom stereocenters. The minimum Gasteiger partial charge on any atom is -0.486 e. The highest BCUT2D eigenvalue weighted by Gasteiger charge is 2.39. The zero-order chi connectivity index (χ0) is 23.4. The highest BCUT2D eigenvalue weighted by molar-refractivity contribution is 6.33. The Bertz CT molecular complexity index is 1420. The standard InChI is InChI=1S/C23H21ClFN5O3/c1-10-13-3-4-30(23(13)28-9-27-10)19-8-14(20(31)21(19)32)11(2)33-12-5-17(25)15-7-16(24)22(26)29-18(15)6-12/h3-9,11,19-21,31-32H,1-2H3,(H2,26,29)/t11?,19-,20-,21+/m1/s1. The number of benzene rings is 1. The van der Waals surface area contributed by atoms with Crippen molar-refractivity contribution < 1.29 is 19.3 Å². The Morgan fingerprint density at radius 3 is 2.79 bits per heavy atom. The van der Waals surface area contributed by atoms with Crippen molar-refractivity contribution in [2.24, 2.45) is 0 Å². The average Bonchev–Trinajstić information content (AvgIpc) is 3.32. The number of hydrogen-bond acceptors (Lipinski definition) is 7. The Labute approximate surface area is 193 Å². The molecule has 4 aromatic rings. The number of aliphatic hydroxyl groups excluding tert-OH is 2. The first-order valence-corrected chi connectivity index (χ1v) is 10.7. The van der Waals surface area contributed by atoms with E-state index >= 15 is 0 Å². The van der Waals surface area contributed by atoms with Crippen molar-refractivity contribution in [1.29, 1.82) is 0 Å². The quantitative estimate of drug-likeness (QED) is 0.392. The van der Waals surface area contributed by atoms with Gasteiger partial charge in [0.25, 0.3) is 0 Å². The molecule has 10 heteroatoms. The fourth-order valence-electron chi connectivity index (χ4n) is 4.28. The summed E-state index contributed by atoms with van der Waals surface area (Å²) in [5.41, 5.74) is 7.99. The maximum absolute atomic E-state index is 14.6. The van der Waals surface area contributed by atoms with Gasteiger partial charge in [0.15, 0.2) is 0 Å². The maximum Gasteiger partial charge on any atom is 0.144 e. The van der Waals surface area contributed by atoms with Crippen LogP contribution in [0.5, 0.6) is 5.75 Å². The van der Waals surface area contributed by atoms with E-state index in [2.05, 4.69) is 15.0 Å². The third kappa shape index (κ3) is 3.58. The van der Waals surface area contributed by atoms with Crippen LogP contribution in [0.25, 0.3) is 21.9 Å². The molecule has 3 aromatic heterocycles.